The first kappa shape index (κ1) is 11.5. The maximum atomic E-state index is 2.48. The Bertz CT molecular complexity index is 498. The van der Waals surface area contributed by atoms with Crippen LogP contribution in [0.1, 0.15) is 38.1 Å². The van der Waals surface area contributed by atoms with Gasteiger partial charge >= 0.3 is 0 Å². The van der Waals surface area contributed by atoms with Crippen LogP contribution in [0.5, 0.6) is 0 Å². The molecule has 18 heavy (non-hydrogen) atoms. The Hall–Kier alpha value is -1.63. The predicted molar refractivity (Wildman–Crippen MR) is 74.2 cm³/mol. The molecule has 1 aliphatic carbocycles. The van der Waals surface area contributed by atoms with E-state index in [2.05, 4.69) is 59.3 Å². The van der Waals surface area contributed by atoms with Crippen molar-refractivity contribution in [3.8, 4) is 11.3 Å². The van der Waals surface area contributed by atoms with Crippen molar-refractivity contribution in [3.05, 3.63) is 54.7 Å². The first-order valence-corrected chi connectivity index (χ1v) is 7.01. The lowest BCUT2D eigenvalue weighted by atomic mass is 9.94. The highest BCUT2D eigenvalue weighted by Gasteiger charge is 2.24. The fourth-order valence-corrected chi connectivity index (χ4v) is 2.99. The molecule has 1 aliphatic rings. The Kier molecular flexibility index (Phi) is 3.40. The van der Waals surface area contributed by atoms with Crippen LogP contribution < -0.4 is 4.57 Å². The molecule has 1 aromatic heterocycles. The van der Waals surface area contributed by atoms with E-state index < -0.39 is 0 Å². The third-order valence-electron chi connectivity index (χ3n) is 3.93. The van der Waals surface area contributed by atoms with E-state index in [1.165, 1.54) is 43.4 Å². The molecule has 0 aliphatic heterocycles. The van der Waals surface area contributed by atoms with Gasteiger partial charge in [0.15, 0.2) is 12.2 Å². The second-order valence-corrected chi connectivity index (χ2v) is 5.15. The molecule has 1 saturated carbocycles. The molecule has 0 unspecified atom stereocenters. The zero-order valence-corrected chi connectivity index (χ0v) is 10.8. The van der Waals surface area contributed by atoms with Crippen LogP contribution in [0.25, 0.3) is 11.3 Å². The molecule has 1 nitrogen and oxygen atoms in total. The number of hydrogen-bond acceptors (Lipinski definition) is 0. The summed E-state index contributed by atoms with van der Waals surface area (Å²) in [4.78, 5) is 0. The summed E-state index contributed by atoms with van der Waals surface area (Å²) in [5.74, 6) is 0. The van der Waals surface area contributed by atoms with Gasteiger partial charge in [-0.2, -0.15) is 4.57 Å². The summed E-state index contributed by atoms with van der Waals surface area (Å²) < 4.78 is 2.48. The maximum absolute atomic E-state index is 2.48. The molecule has 0 N–H and O–H groups in total. The Balaban J connectivity index is 1.99. The largest absolute Gasteiger partial charge is 0.212 e. The molecule has 92 valence electrons. The average Bonchev–Trinajstić information content (AvgIpc) is 2.49. The lowest BCUT2D eigenvalue weighted by Gasteiger charge is -2.19. The molecule has 1 heteroatoms. The molecule has 0 saturated heterocycles. The van der Waals surface area contributed by atoms with Crippen LogP contribution in [0.4, 0.5) is 0 Å². The van der Waals surface area contributed by atoms with Crippen molar-refractivity contribution in [1.82, 2.24) is 0 Å². The van der Waals surface area contributed by atoms with Gasteiger partial charge in [0, 0.05) is 30.5 Å². The lowest BCUT2D eigenvalue weighted by Crippen LogP contribution is -2.42. The standard InChI is InChI=1S/C17H20N/c1-3-9-15(10-4-1)17-13-7-8-14-18(17)16-11-5-2-6-12-16/h1,3-4,7-10,13-14,16H,2,5-6,11-12H2/q+1. The van der Waals surface area contributed by atoms with E-state index in [9.17, 15) is 0 Å². The van der Waals surface area contributed by atoms with Crippen molar-refractivity contribution in [3.63, 3.8) is 0 Å². The van der Waals surface area contributed by atoms with Crippen molar-refractivity contribution in [2.75, 3.05) is 0 Å². The molecule has 1 aromatic carbocycles. The summed E-state index contributed by atoms with van der Waals surface area (Å²) >= 11 is 0. The quantitative estimate of drug-likeness (QED) is 0.692. The second-order valence-electron chi connectivity index (χ2n) is 5.15. The minimum Gasteiger partial charge on any atom is -0.196 e. The van der Waals surface area contributed by atoms with Gasteiger partial charge in [-0.3, -0.25) is 0 Å². The second kappa shape index (κ2) is 5.34. The van der Waals surface area contributed by atoms with Crippen LogP contribution in [0.15, 0.2) is 54.7 Å². The number of pyridine rings is 1. The van der Waals surface area contributed by atoms with Gasteiger partial charge < -0.3 is 0 Å². The Morgan fingerprint density at radius 1 is 0.778 bits per heavy atom. The summed E-state index contributed by atoms with van der Waals surface area (Å²) in [5.41, 5.74) is 2.67. The zero-order chi connectivity index (χ0) is 12.2. The molecule has 0 amide bonds. The van der Waals surface area contributed by atoms with Gasteiger partial charge in [-0.05, 0) is 31.0 Å². The summed E-state index contributed by atoms with van der Waals surface area (Å²) in [5, 5.41) is 0. The number of benzene rings is 1. The predicted octanol–water partition coefficient (Wildman–Crippen LogP) is 4.15. The summed E-state index contributed by atoms with van der Waals surface area (Å²) in [7, 11) is 0. The van der Waals surface area contributed by atoms with E-state index in [1.807, 2.05) is 0 Å². The monoisotopic (exact) mass is 238 g/mol. The van der Waals surface area contributed by atoms with Crippen molar-refractivity contribution < 1.29 is 4.57 Å². The number of hydrogen-bond donors (Lipinski definition) is 0. The number of nitrogens with zero attached hydrogens (tertiary/aromatic N) is 1. The van der Waals surface area contributed by atoms with Crippen LogP contribution in [0.3, 0.4) is 0 Å². The Labute approximate surface area is 109 Å². The molecular formula is C17H20N+. The van der Waals surface area contributed by atoms with E-state index in [0.29, 0.717) is 6.04 Å². The van der Waals surface area contributed by atoms with Crippen LogP contribution in [-0.2, 0) is 0 Å². The highest BCUT2D eigenvalue weighted by Crippen LogP contribution is 2.26. The third kappa shape index (κ3) is 2.31. The summed E-state index contributed by atoms with van der Waals surface area (Å²) in [6, 6.07) is 17.9. The summed E-state index contributed by atoms with van der Waals surface area (Å²) in [6.07, 6.45) is 9.06. The van der Waals surface area contributed by atoms with Crippen LogP contribution in [0.2, 0.25) is 0 Å². The minimum absolute atomic E-state index is 0.690. The number of rotatable bonds is 2. The van der Waals surface area contributed by atoms with E-state index in [1.54, 1.807) is 0 Å². The lowest BCUT2D eigenvalue weighted by molar-refractivity contribution is -0.715. The molecule has 3 rings (SSSR count). The van der Waals surface area contributed by atoms with E-state index in [4.69, 9.17) is 0 Å². The van der Waals surface area contributed by atoms with E-state index in [0.717, 1.165) is 0 Å². The topological polar surface area (TPSA) is 3.88 Å². The molecular weight excluding hydrogens is 218 g/mol. The summed E-state index contributed by atoms with van der Waals surface area (Å²) in [6.45, 7) is 0. The SMILES string of the molecule is c1ccc(-c2cccc[n+]2C2CCCCC2)cc1. The Morgan fingerprint density at radius 2 is 1.50 bits per heavy atom. The zero-order valence-electron chi connectivity index (χ0n) is 10.8. The maximum Gasteiger partial charge on any atom is 0.212 e. The third-order valence-corrected chi connectivity index (χ3v) is 3.93. The average molecular weight is 238 g/mol. The Morgan fingerprint density at radius 3 is 2.28 bits per heavy atom. The van der Waals surface area contributed by atoms with Crippen LogP contribution >= 0.6 is 0 Å². The van der Waals surface area contributed by atoms with Gasteiger partial charge in [0.05, 0.1) is 0 Å². The fraction of sp³-hybridized carbons (Fsp3) is 0.353. The van der Waals surface area contributed by atoms with Crippen molar-refractivity contribution in [2.45, 2.75) is 38.1 Å². The molecule has 1 heterocycles. The van der Waals surface area contributed by atoms with Crippen molar-refractivity contribution in [1.29, 1.82) is 0 Å². The molecule has 0 bridgehead atoms. The van der Waals surface area contributed by atoms with Crippen molar-refractivity contribution >= 4 is 0 Å². The smallest absolute Gasteiger partial charge is 0.196 e. The van der Waals surface area contributed by atoms with Gasteiger partial charge in [0.1, 0.15) is 0 Å². The van der Waals surface area contributed by atoms with E-state index in [-0.39, 0.29) is 0 Å². The molecule has 0 atom stereocenters. The first-order chi connectivity index (χ1) is 8.95. The highest BCUT2D eigenvalue weighted by atomic mass is 15.0. The van der Waals surface area contributed by atoms with Crippen molar-refractivity contribution in [2.24, 2.45) is 0 Å². The molecule has 2 aromatic rings. The van der Waals surface area contributed by atoms with Crippen LogP contribution in [0, 0.1) is 0 Å². The van der Waals surface area contributed by atoms with Gasteiger partial charge in [0.25, 0.3) is 0 Å². The fourth-order valence-electron chi connectivity index (χ4n) is 2.99. The van der Waals surface area contributed by atoms with Gasteiger partial charge in [-0.1, -0.05) is 24.6 Å². The van der Waals surface area contributed by atoms with E-state index >= 15 is 0 Å². The van der Waals surface area contributed by atoms with Crippen LogP contribution in [-0.4, -0.2) is 0 Å². The molecule has 1 fully saturated rings. The van der Waals surface area contributed by atoms with Gasteiger partial charge in [-0.15, -0.1) is 0 Å². The van der Waals surface area contributed by atoms with Gasteiger partial charge in [0.2, 0.25) is 5.69 Å². The van der Waals surface area contributed by atoms with Gasteiger partial charge in [-0.25, -0.2) is 0 Å². The normalized spacial score (nSPS) is 16.7. The molecule has 0 radical (unpaired) electrons. The first-order valence-electron chi connectivity index (χ1n) is 7.01. The minimum atomic E-state index is 0.690. The number of aromatic nitrogens is 1. The highest BCUT2D eigenvalue weighted by molar-refractivity contribution is 5.55. The molecule has 0 spiro atoms.